The number of rotatable bonds is 13. The van der Waals surface area contributed by atoms with Gasteiger partial charge in [0.1, 0.15) is 11.3 Å². The first-order chi connectivity index (χ1) is 26.2. The highest BCUT2D eigenvalue weighted by Crippen LogP contribution is 2.38. The zero-order chi connectivity index (χ0) is 39.9. The number of aliphatic hydroxyl groups is 1. The molecule has 0 saturated carbocycles. The van der Waals surface area contributed by atoms with Crippen molar-refractivity contribution >= 4 is 41.3 Å². The standard InChI is InChI=1S/C39H44ClN7O8/c1-23-27(7-6-8-29(23)44-35(50)31-12-9-24(19-42-31)20-46(17-18-48)37(51)52)34-33(40)28(15-16-41-34)30-13-10-25(36(45-30)54-5)21-47(38(53)55-39(2,3)4)22-26-11-14-32(49)43-26/h6-10,12-13,15-16,19,26,48H,11,14,17-18,20-22H2,1-5H3,(H,43,49)(H,44,50)(H,51,52)/t26-/m0/s1. The third-order valence-corrected chi connectivity index (χ3v) is 9.13. The van der Waals surface area contributed by atoms with Gasteiger partial charge in [0.15, 0.2) is 0 Å². The van der Waals surface area contributed by atoms with Gasteiger partial charge in [0.25, 0.3) is 5.91 Å². The van der Waals surface area contributed by atoms with Gasteiger partial charge in [-0.05, 0) is 75.6 Å². The third-order valence-electron chi connectivity index (χ3n) is 8.74. The van der Waals surface area contributed by atoms with E-state index in [1.165, 1.54) is 24.3 Å². The first kappa shape index (κ1) is 40.4. The number of benzene rings is 1. The van der Waals surface area contributed by atoms with Crippen molar-refractivity contribution in [2.75, 3.05) is 32.1 Å². The number of ether oxygens (including phenoxy) is 2. The minimum absolute atomic E-state index is 0.0142. The van der Waals surface area contributed by atoms with E-state index in [2.05, 4.69) is 20.6 Å². The number of pyridine rings is 3. The van der Waals surface area contributed by atoms with Crippen LogP contribution in [0.3, 0.4) is 0 Å². The lowest BCUT2D eigenvalue weighted by Gasteiger charge is -2.29. The molecule has 4 aromatic rings. The Labute approximate surface area is 323 Å². The molecule has 4 N–H and O–H groups in total. The number of nitrogens with one attached hydrogen (secondary N) is 2. The predicted octanol–water partition coefficient (Wildman–Crippen LogP) is 5.92. The summed E-state index contributed by atoms with van der Waals surface area (Å²) >= 11 is 7.02. The summed E-state index contributed by atoms with van der Waals surface area (Å²) in [5.41, 5.74) is 3.99. The second-order valence-electron chi connectivity index (χ2n) is 14.0. The highest BCUT2D eigenvalue weighted by molar-refractivity contribution is 6.35. The molecule has 1 aliphatic heterocycles. The fraction of sp³-hybridized carbons (Fsp3) is 0.359. The number of nitrogens with zero attached hydrogens (tertiary/aromatic N) is 5. The molecule has 0 aliphatic carbocycles. The smallest absolute Gasteiger partial charge is 0.410 e. The molecule has 4 amide bonds. The van der Waals surface area contributed by atoms with E-state index in [1.807, 2.05) is 19.1 Å². The molecule has 4 heterocycles. The van der Waals surface area contributed by atoms with Gasteiger partial charge in [-0.25, -0.2) is 14.6 Å². The first-order valence-corrected chi connectivity index (χ1v) is 18.0. The van der Waals surface area contributed by atoms with Crippen LogP contribution < -0.4 is 15.4 Å². The van der Waals surface area contributed by atoms with Gasteiger partial charge in [-0.3, -0.25) is 19.6 Å². The fourth-order valence-corrected chi connectivity index (χ4v) is 6.32. The van der Waals surface area contributed by atoms with E-state index in [4.69, 9.17) is 31.2 Å². The highest BCUT2D eigenvalue weighted by atomic mass is 35.5. The topological polar surface area (TPSA) is 196 Å². The molecular weight excluding hydrogens is 730 g/mol. The molecule has 5 rings (SSSR count). The van der Waals surface area contributed by atoms with Crippen LogP contribution in [0.2, 0.25) is 5.02 Å². The van der Waals surface area contributed by atoms with Crippen molar-refractivity contribution in [3.05, 3.63) is 88.3 Å². The Morgan fingerprint density at radius 2 is 1.82 bits per heavy atom. The number of carbonyl (C=O) groups excluding carboxylic acids is 3. The Morgan fingerprint density at radius 1 is 1.04 bits per heavy atom. The largest absolute Gasteiger partial charge is 0.481 e. The Hall–Kier alpha value is -5.80. The lowest BCUT2D eigenvalue weighted by Crippen LogP contribution is -2.43. The average Bonchev–Trinajstić information content (AvgIpc) is 3.56. The minimum Gasteiger partial charge on any atom is -0.481 e. The summed E-state index contributed by atoms with van der Waals surface area (Å²) in [6.45, 7) is 7.23. The molecule has 290 valence electrons. The molecule has 55 heavy (non-hydrogen) atoms. The van der Waals surface area contributed by atoms with Gasteiger partial charge in [-0.15, -0.1) is 0 Å². The van der Waals surface area contributed by atoms with E-state index in [1.54, 1.807) is 57.3 Å². The molecule has 1 saturated heterocycles. The summed E-state index contributed by atoms with van der Waals surface area (Å²) in [6.07, 6.45) is 2.35. The summed E-state index contributed by atoms with van der Waals surface area (Å²) in [5.74, 6) is -0.246. The zero-order valence-corrected chi connectivity index (χ0v) is 32.0. The van der Waals surface area contributed by atoms with Gasteiger partial charge in [-0.1, -0.05) is 29.8 Å². The van der Waals surface area contributed by atoms with E-state index in [9.17, 15) is 24.3 Å². The lowest BCUT2D eigenvalue weighted by atomic mass is 10.0. The van der Waals surface area contributed by atoms with Crippen LogP contribution in [-0.4, -0.2) is 97.4 Å². The first-order valence-electron chi connectivity index (χ1n) is 17.6. The Kier molecular flexibility index (Phi) is 12.9. The molecule has 0 bridgehead atoms. The number of halogens is 1. The summed E-state index contributed by atoms with van der Waals surface area (Å²) in [7, 11) is 1.49. The van der Waals surface area contributed by atoms with Gasteiger partial charge in [-0.2, -0.15) is 0 Å². The minimum atomic E-state index is -1.17. The van der Waals surface area contributed by atoms with Gasteiger partial charge < -0.3 is 40.1 Å². The van der Waals surface area contributed by atoms with Gasteiger partial charge in [0.2, 0.25) is 11.8 Å². The van der Waals surface area contributed by atoms with E-state index in [0.29, 0.717) is 62.8 Å². The quantitative estimate of drug-likeness (QED) is 0.126. The summed E-state index contributed by atoms with van der Waals surface area (Å²) < 4.78 is 11.4. The molecule has 0 radical (unpaired) electrons. The van der Waals surface area contributed by atoms with Crippen molar-refractivity contribution in [2.45, 2.75) is 65.3 Å². The molecule has 1 aliphatic rings. The highest BCUT2D eigenvalue weighted by Gasteiger charge is 2.29. The number of aliphatic hydroxyl groups excluding tert-OH is 1. The Balaban J connectivity index is 1.36. The van der Waals surface area contributed by atoms with Crippen LogP contribution in [-0.2, 0) is 22.6 Å². The molecule has 0 spiro atoms. The average molecular weight is 774 g/mol. The van der Waals surface area contributed by atoms with Crippen LogP contribution in [0, 0.1) is 6.92 Å². The fourth-order valence-electron chi connectivity index (χ4n) is 6.01. The van der Waals surface area contributed by atoms with E-state index in [0.717, 1.165) is 4.90 Å². The second-order valence-corrected chi connectivity index (χ2v) is 14.3. The van der Waals surface area contributed by atoms with Gasteiger partial charge >= 0.3 is 12.2 Å². The van der Waals surface area contributed by atoms with Crippen LogP contribution in [0.1, 0.15) is 60.8 Å². The molecular formula is C39H44ClN7O8. The van der Waals surface area contributed by atoms with Crippen molar-refractivity contribution in [1.29, 1.82) is 0 Å². The zero-order valence-electron chi connectivity index (χ0n) is 31.3. The van der Waals surface area contributed by atoms with Gasteiger partial charge in [0.05, 0.1) is 43.2 Å². The predicted molar refractivity (Wildman–Crippen MR) is 205 cm³/mol. The van der Waals surface area contributed by atoms with Crippen molar-refractivity contribution in [3.63, 3.8) is 0 Å². The molecule has 1 fully saturated rings. The molecule has 15 nitrogen and oxygen atoms in total. The maximum Gasteiger partial charge on any atom is 0.410 e. The lowest BCUT2D eigenvalue weighted by molar-refractivity contribution is -0.119. The Bertz CT molecular complexity index is 2060. The van der Waals surface area contributed by atoms with Crippen molar-refractivity contribution < 1.29 is 38.9 Å². The monoisotopic (exact) mass is 773 g/mol. The number of carboxylic acid groups (broad SMARTS) is 1. The Morgan fingerprint density at radius 3 is 2.45 bits per heavy atom. The van der Waals surface area contributed by atoms with Crippen LogP contribution in [0.15, 0.2) is 60.9 Å². The van der Waals surface area contributed by atoms with Crippen molar-refractivity contribution in [2.24, 2.45) is 0 Å². The molecule has 3 aromatic heterocycles. The van der Waals surface area contributed by atoms with E-state index in [-0.39, 0.29) is 56.3 Å². The number of hydrogen-bond acceptors (Lipinski definition) is 10. The van der Waals surface area contributed by atoms with Crippen molar-refractivity contribution in [1.82, 2.24) is 30.1 Å². The third kappa shape index (κ3) is 10.2. The number of methoxy groups -OCH3 is 1. The SMILES string of the molecule is COc1nc(-c2ccnc(-c3cccc(NC(=O)c4ccc(CN(CCO)C(=O)O)cn4)c3C)c2Cl)ccc1CN(C[C@@H]1CCC(=O)N1)C(=O)OC(C)(C)C. The molecule has 0 unspecified atom stereocenters. The summed E-state index contributed by atoms with van der Waals surface area (Å²) in [6, 6.07) is 13.6. The summed E-state index contributed by atoms with van der Waals surface area (Å²) in [5, 5.41) is 24.6. The molecule has 1 atom stereocenters. The summed E-state index contributed by atoms with van der Waals surface area (Å²) in [4.78, 5) is 65.8. The maximum atomic E-state index is 13.3. The van der Waals surface area contributed by atoms with Gasteiger partial charge in [0, 0.05) is 60.3 Å². The van der Waals surface area contributed by atoms with E-state index < -0.39 is 23.7 Å². The van der Waals surface area contributed by atoms with Crippen LogP contribution in [0.4, 0.5) is 15.3 Å². The molecule has 1 aromatic carbocycles. The van der Waals surface area contributed by atoms with E-state index >= 15 is 0 Å². The number of carbonyl (C=O) groups is 4. The van der Waals surface area contributed by atoms with Crippen molar-refractivity contribution in [3.8, 4) is 28.4 Å². The second kappa shape index (κ2) is 17.6. The maximum absolute atomic E-state index is 13.3. The van der Waals surface area contributed by atoms with Crippen LogP contribution in [0.25, 0.3) is 22.5 Å². The number of anilines is 1. The number of aromatic nitrogens is 3. The number of hydrogen-bond donors (Lipinski definition) is 4. The van der Waals surface area contributed by atoms with Crippen LogP contribution >= 0.6 is 11.6 Å². The normalized spacial score (nSPS) is 13.9. The number of amides is 4. The van der Waals surface area contributed by atoms with Crippen LogP contribution in [0.5, 0.6) is 5.88 Å². The molecule has 16 heteroatoms.